The van der Waals surface area contributed by atoms with Crippen molar-refractivity contribution >= 4 is 25.7 Å². The molecule has 0 bridgehead atoms. The SMILES string of the molecule is CCCCCC/C=C\CCCCCCCCCC(=O)OCC(COP(=O)(O)OC1C(OC2OC(CO)C(O)C(O)C2O)C(O)C(O)C(O)C1OC1OC(COC(=O)/C=C/C=C/CCCCCCCCCCCCC)C(O)C(O)C1O)OC(=O)/C=C/C=C/CCCCCCCCCCCCC. The van der Waals surface area contributed by atoms with Crippen LogP contribution in [0, 0.1) is 0 Å². The molecule has 18 unspecified atom stereocenters. The van der Waals surface area contributed by atoms with Gasteiger partial charge in [0.1, 0.15) is 98.7 Å². The lowest BCUT2D eigenvalue weighted by atomic mass is 9.84. The van der Waals surface area contributed by atoms with Crippen molar-refractivity contribution in [2.45, 2.75) is 369 Å². The molecule has 2 saturated heterocycles. The minimum Gasteiger partial charge on any atom is -0.462 e. The van der Waals surface area contributed by atoms with Crippen LogP contribution in [0.25, 0.3) is 0 Å². The van der Waals surface area contributed by atoms with Crippen molar-refractivity contribution in [3.05, 3.63) is 60.8 Å². The van der Waals surface area contributed by atoms with E-state index in [0.29, 0.717) is 6.42 Å². The molecule has 0 aromatic heterocycles. The lowest BCUT2D eigenvalue weighted by Gasteiger charge is -2.49. The van der Waals surface area contributed by atoms with E-state index < -0.39 is 156 Å². The number of phosphoric acid groups is 1. The first kappa shape index (κ1) is 90.9. The first-order valence-corrected chi connectivity index (χ1v) is 39.6. The van der Waals surface area contributed by atoms with Crippen molar-refractivity contribution in [1.29, 1.82) is 0 Å². The zero-order chi connectivity index (χ0) is 73.2. The molecule has 0 radical (unpaired) electrons. The van der Waals surface area contributed by atoms with Gasteiger partial charge in [0.2, 0.25) is 0 Å². The molecule has 18 atom stereocenters. The quantitative estimate of drug-likeness (QED) is 0.00512. The zero-order valence-corrected chi connectivity index (χ0v) is 61.4. The Balaban J connectivity index is 1.77. The number of allylic oxidation sites excluding steroid dienone is 8. The molecule has 2 aliphatic heterocycles. The molecule has 25 heteroatoms. The molecule has 3 fully saturated rings. The maximum atomic E-state index is 14.3. The fraction of sp³-hybridized carbons (Fsp3) is 0.827. The average Bonchev–Trinajstić information content (AvgIpc) is 0.762. The molecule has 1 saturated carbocycles. The van der Waals surface area contributed by atoms with Gasteiger partial charge >= 0.3 is 25.7 Å². The van der Waals surface area contributed by atoms with E-state index in [-0.39, 0.29) is 6.42 Å². The number of hydrogen-bond donors (Lipinski definition) is 11. The number of unbranched alkanes of at least 4 members (excludes halogenated alkanes) is 33. The summed E-state index contributed by atoms with van der Waals surface area (Å²) in [5, 5.41) is 110. The molecule has 24 nitrogen and oxygen atoms in total. The van der Waals surface area contributed by atoms with Crippen molar-refractivity contribution in [2.24, 2.45) is 0 Å². The molecule has 3 rings (SSSR count). The largest absolute Gasteiger partial charge is 0.472 e. The Kier molecular flexibility index (Phi) is 50.9. The summed E-state index contributed by atoms with van der Waals surface area (Å²) in [5.41, 5.74) is 0. The van der Waals surface area contributed by atoms with E-state index in [1.54, 1.807) is 12.2 Å². The van der Waals surface area contributed by atoms with Crippen LogP contribution < -0.4 is 0 Å². The predicted molar refractivity (Wildman–Crippen MR) is 379 cm³/mol. The molecule has 100 heavy (non-hydrogen) atoms. The summed E-state index contributed by atoms with van der Waals surface area (Å²) in [5.74, 6) is -2.49. The molecule has 0 amide bonds. The summed E-state index contributed by atoms with van der Waals surface area (Å²) in [6.45, 7) is 3.23. The topological polar surface area (TPSA) is 374 Å². The van der Waals surface area contributed by atoms with Crippen molar-refractivity contribution in [1.82, 2.24) is 0 Å². The van der Waals surface area contributed by atoms with Crippen LogP contribution in [0.4, 0.5) is 0 Å². The van der Waals surface area contributed by atoms with Gasteiger partial charge in [-0.25, -0.2) is 14.2 Å². The van der Waals surface area contributed by atoms with Crippen LogP contribution in [0.1, 0.15) is 265 Å². The highest BCUT2D eigenvalue weighted by Crippen LogP contribution is 2.49. The van der Waals surface area contributed by atoms with Gasteiger partial charge in [0.25, 0.3) is 0 Å². The molecule has 0 aromatic carbocycles. The predicted octanol–water partition coefficient (Wildman–Crippen LogP) is 10.6. The molecule has 580 valence electrons. The first-order chi connectivity index (χ1) is 48.3. The lowest BCUT2D eigenvalue weighted by molar-refractivity contribution is -0.360. The van der Waals surface area contributed by atoms with Gasteiger partial charge in [-0.15, -0.1) is 0 Å². The van der Waals surface area contributed by atoms with Crippen LogP contribution in [0.5, 0.6) is 0 Å². The fourth-order valence-corrected chi connectivity index (χ4v) is 13.2. The Hall–Kier alpha value is -3.34. The highest BCUT2D eigenvalue weighted by molar-refractivity contribution is 7.47. The third-order valence-corrected chi connectivity index (χ3v) is 19.4. The first-order valence-electron chi connectivity index (χ1n) is 38.2. The second kappa shape index (κ2) is 56.1. The number of aliphatic hydroxyl groups excluding tert-OH is 10. The fourth-order valence-electron chi connectivity index (χ4n) is 12.2. The monoisotopic (exact) mass is 1450 g/mol. The third-order valence-electron chi connectivity index (χ3n) is 18.5. The van der Waals surface area contributed by atoms with E-state index in [1.165, 1.54) is 141 Å². The summed E-state index contributed by atoms with van der Waals surface area (Å²) < 4.78 is 64.6. The molecular formula is C75H131O24P. The number of phosphoric ester groups is 1. The van der Waals surface area contributed by atoms with E-state index in [1.807, 2.05) is 12.2 Å². The van der Waals surface area contributed by atoms with Crippen molar-refractivity contribution in [2.75, 3.05) is 26.4 Å². The minimum atomic E-state index is -5.74. The molecular weight excluding hydrogens is 1320 g/mol. The van der Waals surface area contributed by atoms with Gasteiger partial charge in [0.05, 0.1) is 13.2 Å². The normalized spacial score (nSPS) is 27.7. The molecule has 0 spiro atoms. The highest BCUT2D eigenvalue weighted by atomic mass is 31.2. The Morgan fingerprint density at radius 3 is 1.22 bits per heavy atom. The lowest BCUT2D eigenvalue weighted by Crippen LogP contribution is -2.69. The summed E-state index contributed by atoms with van der Waals surface area (Å²) in [7, 11) is -5.74. The Labute approximate surface area is 596 Å². The van der Waals surface area contributed by atoms with E-state index in [4.69, 9.17) is 42.2 Å². The Morgan fingerprint density at radius 1 is 0.410 bits per heavy atom. The van der Waals surface area contributed by atoms with Gasteiger partial charge in [0.15, 0.2) is 18.7 Å². The van der Waals surface area contributed by atoms with Crippen molar-refractivity contribution < 1.29 is 117 Å². The molecule has 3 aliphatic rings. The number of rotatable bonds is 58. The number of ether oxygens (including phenoxy) is 7. The highest BCUT2D eigenvalue weighted by Gasteiger charge is 2.58. The van der Waals surface area contributed by atoms with E-state index >= 15 is 0 Å². The molecule has 0 aromatic rings. The number of esters is 3. The minimum absolute atomic E-state index is 0.0153. The Morgan fingerprint density at radius 2 is 0.780 bits per heavy atom. The van der Waals surface area contributed by atoms with Crippen molar-refractivity contribution in [3.63, 3.8) is 0 Å². The second-order valence-electron chi connectivity index (χ2n) is 27.1. The van der Waals surface area contributed by atoms with Crippen LogP contribution >= 0.6 is 7.82 Å². The van der Waals surface area contributed by atoms with Crippen LogP contribution in [-0.4, -0.2) is 204 Å². The van der Waals surface area contributed by atoms with Crippen molar-refractivity contribution in [3.8, 4) is 0 Å². The van der Waals surface area contributed by atoms with E-state index in [0.717, 1.165) is 115 Å². The summed E-state index contributed by atoms with van der Waals surface area (Å²) in [4.78, 5) is 50.8. The summed E-state index contributed by atoms with van der Waals surface area (Å²) in [6.07, 6.45) is 22.7. The molecule has 11 N–H and O–H groups in total. The van der Waals surface area contributed by atoms with Crippen LogP contribution in [0.15, 0.2) is 60.8 Å². The molecule has 1 aliphatic carbocycles. The number of carbonyl (C=O) groups excluding carboxylic acids is 3. The molecule has 2 heterocycles. The van der Waals surface area contributed by atoms with Crippen LogP contribution in [0.3, 0.4) is 0 Å². The van der Waals surface area contributed by atoms with E-state index in [2.05, 4.69) is 32.9 Å². The summed E-state index contributed by atoms with van der Waals surface area (Å²) >= 11 is 0. The second-order valence-corrected chi connectivity index (χ2v) is 28.6. The number of hydrogen-bond acceptors (Lipinski definition) is 23. The zero-order valence-electron chi connectivity index (χ0n) is 60.5. The van der Waals surface area contributed by atoms with Gasteiger partial charge in [-0.2, -0.15) is 0 Å². The third kappa shape index (κ3) is 38.6. The van der Waals surface area contributed by atoms with Gasteiger partial charge in [-0.3, -0.25) is 13.8 Å². The van der Waals surface area contributed by atoms with Crippen LogP contribution in [-0.2, 0) is 61.2 Å². The maximum Gasteiger partial charge on any atom is 0.472 e. The number of aliphatic hydroxyl groups is 10. The smallest absolute Gasteiger partial charge is 0.462 e. The van der Waals surface area contributed by atoms with Gasteiger partial charge in [-0.05, 0) is 57.8 Å². The summed E-state index contributed by atoms with van der Waals surface area (Å²) in [6, 6.07) is 0. The van der Waals surface area contributed by atoms with Gasteiger partial charge < -0.3 is 89.1 Å². The van der Waals surface area contributed by atoms with E-state index in [9.17, 15) is 74.9 Å². The standard InChI is InChI=1S/C75H131O24P/c1-4-7-10-13-16-19-22-25-28-31-34-37-40-43-46-49-59(77)91-53-56(94-61(79)51-48-45-42-39-36-33-30-27-24-21-18-15-12-9-6-3)54-93-100(89,90)99-73-71(97-74-69(87)64(82)62(80)57(52-76)95-74)67(85)66(84)68(86)72(73)98-75-70(88)65(83)63(81)58(96-75)55-92-60(78)50-47-44-41-38-35-32-29-26-23-20-17-14-11-8-5-2/h19,22,41-42,44-45,47-48,50-51,56-58,62-76,80-88H,4-18,20-21,23-40,43,46,49,52-55H2,1-3H3,(H,89,90)/b22-19-,44-41+,45-42+,50-47+,51-48+. The Bertz CT molecular complexity index is 2300. The average molecular weight is 1450 g/mol. The van der Waals surface area contributed by atoms with Crippen LogP contribution in [0.2, 0.25) is 0 Å². The maximum absolute atomic E-state index is 14.3. The van der Waals surface area contributed by atoms with Gasteiger partial charge in [0, 0.05) is 18.6 Å². The van der Waals surface area contributed by atoms with Gasteiger partial charge in [-0.1, -0.05) is 249 Å². The number of carbonyl (C=O) groups is 3.